The van der Waals surface area contributed by atoms with Crippen molar-refractivity contribution >= 4 is 15.7 Å². The maximum Gasteiger partial charge on any atom is 0.242 e. The van der Waals surface area contributed by atoms with Crippen molar-refractivity contribution in [1.82, 2.24) is 9.21 Å². The lowest BCUT2D eigenvalue weighted by Gasteiger charge is -2.25. The molecule has 7 heteroatoms. The number of sulfonamides is 1. The summed E-state index contributed by atoms with van der Waals surface area (Å²) in [6.07, 6.45) is 2.14. The van der Waals surface area contributed by atoms with Gasteiger partial charge in [-0.3, -0.25) is 0 Å². The quantitative estimate of drug-likeness (QED) is 0.821. The van der Waals surface area contributed by atoms with Gasteiger partial charge >= 0.3 is 0 Å². The maximum absolute atomic E-state index is 12.6. The first kappa shape index (κ1) is 16.1. The average Bonchev–Trinajstić information content (AvgIpc) is 2.84. The summed E-state index contributed by atoms with van der Waals surface area (Å²) in [6, 6.07) is 4.83. The number of nitrogen functional groups attached to an aromatic ring is 1. The number of likely N-dealkylation sites (tertiary alicyclic amines) is 1. The predicted molar refractivity (Wildman–Crippen MR) is 82.9 cm³/mol. The summed E-state index contributed by atoms with van der Waals surface area (Å²) < 4.78 is 31.6. The molecule has 0 spiro atoms. The van der Waals surface area contributed by atoms with Gasteiger partial charge in [-0.15, -0.1) is 0 Å². The minimum atomic E-state index is -3.53. The summed E-state index contributed by atoms with van der Waals surface area (Å²) in [4.78, 5) is 2.40. The molecule has 2 N–H and O–H groups in total. The van der Waals surface area contributed by atoms with Gasteiger partial charge in [0.05, 0.1) is 17.7 Å². The number of likely N-dealkylation sites (N-methyl/N-ethyl adjacent to an activating group) is 2. The van der Waals surface area contributed by atoms with Crippen LogP contribution in [0.1, 0.15) is 12.8 Å². The lowest BCUT2D eigenvalue weighted by molar-refractivity contribution is 0.271. The van der Waals surface area contributed by atoms with Crippen LogP contribution >= 0.6 is 0 Å². The van der Waals surface area contributed by atoms with Crippen molar-refractivity contribution in [3.8, 4) is 5.75 Å². The zero-order chi connectivity index (χ0) is 15.6. The summed E-state index contributed by atoms with van der Waals surface area (Å²) in [5.74, 6) is 0.479. The molecule has 1 aromatic carbocycles. The molecule has 21 heavy (non-hydrogen) atoms. The highest BCUT2D eigenvalue weighted by Gasteiger charge is 2.28. The van der Waals surface area contributed by atoms with Gasteiger partial charge in [-0.2, -0.15) is 4.31 Å². The number of methoxy groups -OCH3 is 1. The normalized spacial score (nSPS) is 20.1. The highest BCUT2D eigenvalue weighted by Crippen LogP contribution is 2.26. The van der Waals surface area contributed by atoms with Crippen molar-refractivity contribution in [3.05, 3.63) is 18.2 Å². The zero-order valence-corrected chi connectivity index (χ0v) is 13.6. The van der Waals surface area contributed by atoms with E-state index in [0.717, 1.165) is 19.4 Å². The Labute approximate surface area is 126 Å². The fourth-order valence-corrected chi connectivity index (χ4v) is 3.90. The number of hydrogen-bond donors (Lipinski definition) is 1. The Bertz CT molecular complexity index is 603. The van der Waals surface area contributed by atoms with Crippen molar-refractivity contribution in [2.75, 3.05) is 40.0 Å². The fraction of sp³-hybridized carbons (Fsp3) is 0.571. The summed E-state index contributed by atoms with van der Waals surface area (Å²) in [7, 11) is 1.62. The largest absolute Gasteiger partial charge is 0.495 e. The number of nitrogens with zero attached hydrogens (tertiary/aromatic N) is 2. The molecular formula is C14H23N3O3S. The molecule has 1 unspecified atom stereocenters. The Kier molecular flexibility index (Phi) is 4.75. The molecule has 0 saturated carbocycles. The second-order valence-electron chi connectivity index (χ2n) is 5.47. The molecular weight excluding hydrogens is 290 g/mol. The molecule has 0 aromatic heterocycles. The minimum absolute atomic E-state index is 0.198. The Morgan fingerprint density at radius 3 is 2.71 bits per heavy atom. The van der Waals surface area contributed by atoms with Crippen LogP contribution in [0.4, 0.5) is 5.69 Å². The Morgan fingerprint density at radius 2 is 2.19 bits per heavy atom. The molecule has 1 atom stereocenters. The van der Waals surface area contributed by atoms with E-state index in [4.69, 9.17) is 10.5 Å². The van der Waals surface area contributed by atoms with Gasteiger partial charge < -0.3 is 15.4 Å². The lowest BCUT2D eigenvalue weighted by atomic mass is 10.2. The molecule has 1 aromatic rings. The predicted octanol–water partition coefficient (Wildman–Crippen LogP) is 0.992. The van der Waals surface area contributed by atoms with Crippen molar-refractivity contribution in [3.63, 3.8) is 0 Å². The summed E-state index contributed by atoms with van der Waals surface area (Å²) >= 11 is 0. The lowest BCUT2D eigenvalue weighted by Crippen LogP contribution is -2.39. The van der Waals surface area contributed by atoms with E-state index >= 15 is 0 Å². The number of hydrogen-bond acceptors (Lipinski definition) is 5. The van der Waals surface area contributed by atoms with E-state index in [1.807, 2.05) is 7.05 Å². The molecule has 0 amide bonds. The standard InChI is InChI=1S/C14H23N3O3S/c1-16-8-4-5-11(16)10-17(2)21(18,19)12-6-7-14(20-3)13(15)9-12/h6-7,9,11H,4-5,8,10,15H2,1-3H3. The highest BCUT2D eigenvalue weighted by molar-refractivity contribution is 7.89. The summed E-state index contributed by atoms with van der Waals surface area (Å²) in [5, 5.41) is 0. The molecule has 1 aliphatic heterocycles. The first-order valence-corrected chi connectivity index (χ1v) is 8.40. The molecule has 1 fully saturated rings. The van der Waals surface area contributed by atoms with Crippen molar-refractivity contribution in [2.45, 2.75) is 23.8 Å². The van der Waals surface area contributed by atoms with Crippen LogP contribution in [0.2, 0.25) is 0 Å². The summed E-state index contributed by atoms with van der Waals surface area (Å²) in [5.41, 5.74) is 6.12. The third-order valence-corrected chi connectivity index (χ3v) is 5.87. The maximum atomic E-state index is 12.6. The van der Waals surface area contributed by atoms with Crippen LogP contribution in [-0.4, -0.2) is 58.0 Å². The third kappa shape index (κ3) is 3.30. The monoisotopic (exact) mass is 313 g/mol. The van der Waals surface area contributed by atoms with Crippen LogP contribution in [0.25, 0.3) is 0 Å². The molecule has 1 aliphatic rings. The van der Waals surface area contributed by atoms with Crippen LogP contribution in [0.15, 0.2) is 23.1 Å². The van der Waals surface area contributed by atoms with E-state index in [1.54, 1.807) is 13.1 Å². The Morgan fingerprint density at radius 1 is 1.48 bits per heavy atom. The third-order valence-electron chi connectivity index (χ3n) is 4.05. The van der Waals surface area contributed by atoms with Gasteiger partial charge in [-0.05, 0) is 44.6 Å². The molecule has 6 nitrogen and oxygen atoms in total. The molecule has 118 valence electrons. The van der Waals surface area contributed by atoms with Gasteiger partial charge in [0.1, 0.15) is 5.75 Å². The van der Waals surface area contributed by atoms with Crippen LogP contribution in [0, 0.1) is 0 Å². The number of nitrogens with two attached hydrogens (primary N) is 1. The van der Waals surface area contributed by atoms with Crippen LogP contribution in [0.5, 0.6) is 5.75 Å². The number of benzene rings is 1. The van der Waals surface area contributed by atoms with E-state index in [9.17, 15) is 8.42 Å². The number of anilines is 1. The minimum Gasteiger partial charge on any atom is -0.495 e. The van der Waals surface area contributed by atoms with E-state index in [2.05, 4.69) is 4.90 Å². The van der Waals surface area contributed by atoms with Crippen LogP contribution in [0.3, 0.4) is 0 Å². The number of rotatable bonds is 5. The van der Waals surface area contributed by atoms with Gasteiger partial charge in [0, 0.05) is 19.6 Å². The smallest absolute Gasteiger partial charge is 0.242 e. The van der Waals surface area contributed by atoms with Gasteiger partial charge in [0.25, 0.3) is 0 Å². The first-order chi connectivity index (χ1) is 9.86. The average molecular weight is 313 g/mol. The van der Waals surface area contributed by atoms with Gasteiger partial charge in [-0.1, -0.05) is 0 Å². The molecule has 2 rings (SSSR count). The summed E-state index contributed by atoms with van der Waals surface area (Å²) in [6.45, 7) is 1.51. The van der Waals surface area contributed by atoms with Gasteiger partial charge in [-0.25, -0.2) is 8.42 Å². The molecule has 0 aliphatic carbocycles. The molecule has 0 bridgehead atoms. The van der Waals surface area contributed by atoms with E-state index in [0.29, 0.717) is 18.0 Å². The zero-order valence-electron chi connectivity index (χ0n) is 12.7. The van der Waals surface area contributed by atoms with Crippen molar-refractivity contribution in [1.29, 1.82) is 0 Å². The Balaban J connectivity index is 2.18. The number of ether oxygens (including phenoxy) is 1. The molecule has 0 radical (unpaired) electrons. The molecule has 1 saturated heterocycles. The Hall–Kier alpha value is -1.31. The van der Waals surface area contributed by atoms with Crippen molar-refractivity contribution in [2.24, 2.45) is 0 Å². The van der Waals surface area contributed by atoms with Crippen LogP contribution in [-0.2, 0) is 10.0 Å². The van der Waals surface area contributed by atoms with Crippen LogP contribution < -0.4 is 10.5 Å². The van der Waals surface area contributed by atoms with E-state index in [-0.39, 0.29) is 10.9 Å². The highest BCUT2D eigenvalue weighted by atomic mass is 32.2. The SMILES string of the molecule is COc1ccc(S(=O)(=O)N(C)CC2CCCN2C)cc1N. The van der Waals surface area contributed by atoms with Crippen molar-refractivity contribution < 1.29 is 13.2 Å². The topological polar surface area (TPSA) is 75.9 Å². The van der Waals surface area contributed by atoms with E-state index in [1.165, 1.54) is 23.5 Å². The molecule has 1 heterocycles. The first-order valence-electron chi connectivity index (χ1n) is 6.96. The second kappa shape index (κ2) is 6.21. The fourth-order valence-electron chi connectivity index (χ4n) is 2.66. The van der Waals surface area contributed by atoms with E-state index < -0.39 is 10.0 Å². The second-order valence-corrected chi connectivity index (χ2v) is 7.51. The van der Waals surface area contributed by atoms with Gasteiger partial charge in [0.15, 0.2) is 0 Å². The van der Waals surface area contributed by atoms with Gasteiger partial charge in [0.2, 0.25) is 10.0 Å².